The number of nitrogens with two attached hydrogens (primary N) is 1. The van der Waals surface area contributed by atoms with Crippen molar-refractivity contribution in [2.45, 2.75) is 25.0 Å². The molecule has 4 N–H and O–H groups in total. The molecule has 4 heteroatoms. The molecular formula is C10H14BrN3. The first kappa shape index (κ1) is 10.1. The molecule has 1 aromatic rings. The SMILES string of the molecule is CC1NNC(N)C1c1ccccc1Br. The maximum atomic E-state index is 5.98. The van der Waals surface area contributed by atoms with Crippen LogP contribution in [-0.4, -0.2) is 12.2 Å². The Balaban J connectivity index is 2.34. The normalized spacial score (nSPS) is 32.1. The van der Waals surface area contributed by atoms with Gasteiger partial charge in [-0.3, -0.25) is 5.43 Å². The summed E-state index contributed by atoms with van der Waals surface area (Å²) in [5, 5.41) is 0. The van der Waals surface area contributed by atoms with Gasteiger partial charge >= 0.3 is 0 Å². The lowest BCUT2D eigenvalue weighted by Crippen LogP contribution is -2.38. The van der Waals surface area contributed by atoms with Gasteiger partial charge in [-0.05, 0) is 18.6 Å². The number of hydrogen-bond donors (Lipinski definition) is 3. The minimum absolute atomic E-state index is 0.0244. The number of benzene rings is 1. The lowest BCUT2D eigenvalue weighted by Gasteiger charge is -2.19. The van der Waals surface area contributed by atoms with Crippen molar-refractivity contribution in [3.8, 4) is 0 Å². The Kier molecular flexibility index (Phi) is 2.88. The average Bonchev–Trinajstić information content (AvgIpc) is 2.48. The summed E-state index contributed by atoms with van der Waals surface area (Å²) in [6.07, 6.45) is -0.0244. The van der Waals surface area contributed by atoms with Gasteiger partial charge in [0.1, 0.15) is 0 Å². The third-order valence-electron chi connectivity index (χ3n) is 2.67. The van der Waals surface area contributed by atoms with E-state index in [0.717, 1.165) is 4.47 Å². The lowest BCUT2D eigenvalue weighted by molar-refractivity contribution is 0.545. The summed E-state index contributed by atoms with van der Waals surface area (Å²) in [6.45, 7) is 2.13. The van der Waals surface area contributed by atoms with Crippen LogP contribution in [0.15, 0.2) is 28.7 Å². The van der Waals surface area contributed by atoms with Gasteiger partial charge in [0.2, 0.25) is 0 Å². The molecule has 0 radical (unpaired) electrons. The molecule has 1 fully saturated rings. The largest absolute Gasteiger partial charge is 0.314 e. The van der Waals surface area contributed by atoms with Gasteiger partial charge in [0.25, 0.3) is 0 Å². The Morgan fingerprint density at radius 3 is 2.57 bits per heavy atom. The fraction of sp³-hybridized carbons (Fsp3) is 0.400. The Morgan fingerprint density at radius 2 is 2.00 bits per heavy atom. The van der Waals surface area contributed by atoms with Crippen LogP contribution >= 0.6 is 15.9 Å². The highest BCUT2D eigenvalue weighted by Crippen LogP contribution is 2.30. The number of nitrogens with one attached hydrogen (secondary N) is 2. The van der Waals surface area contributed by atoms with Crippen LogP contribution in [0.4, 0.5) is 0 Å². The molecule has 0 aromatic heterocycles. The van der Waals surface area contributed by atoms with E-state index in [0.29, 0.717) is 12.0 Å². The molecular weight excluding hydrogens is 242 g/mol. The van der Waals surface area contributed by atoms with Crippen molar-refractivity contribution in [2.75, 3.05) is 0 Å². The first-order valence-electron chi connectivity index (χ1n) is 4.71. The second kappa shape index (κ2) is 3.98. The molecule has 2 rings (SSSR count). The van der Waals surface area contributed by atoms with Gasteiger partial charge in [0.05, 0.1) is 6.17 Å². The van der Waals surface area contributed by atoms with E-state index in [-0.39, 0.29) is 6.17 Å². The Labute approximate surface area is 92.2 Å². The molecule has 0 saturated carbocycles. The van der Waals surface area contributed by atoms with E-state index >= 15 is 0 Å². The van der Waals surface area contributed by atoms with Gasteiger partial charge in [-0.1, -0.05) is 34.1 Å². The minimum Gasteiger partial charge on any atom is -0.314 e. The number of hydrogen-bond acceptors (Lipinski definition) is 3. The highest BCUT2D eigenvalue weighted by Gasteiger charge is 2.32. The number of hydrazine groups is 1. The first-order valence-corrected chi connectivity index (χ1v) is 5.50. The summed E-state index contributed by atoms with van der Waals surface area (Å²) >= 11 is 3.55. The van der Waals surface area contributed by atoms with E-state index in [9.17, 15) is 0 Å². The monoisotopic (exact) mass is 255 g/mol. The van der Waals surface area contributed by atoms with Crippen molar-refractivity contribution in [1.29, 1.82) is 0 Å². The summed E-state index contributed by atoms with van der Waals surface area (Å²) < 4.78 is 1.12. The van der Waals surface area contributed by atoms with E-state index < -0.39 is 0 Å². The van der Waals surface area contributed by atoms with Crippen LogP contribution in [0.3, 0.4) is 0 Å². The molecule has 1 aromatic carbocycles. The van der Waals surface area contributed by atoms with Crippen LogP contribution in [0.2, 0.25) is 0 Å². The summed E-state index contributed by atoms with van der Waals surface area (Å²) in [7, 11) is 0. The maximum Gasteiger partial charge on any atom is 0.0764 e. The Hall–Kier alpha value is -0.420. The van der Waals surface area contributed by atoms with Crippen molar-refractivity contribution in [1.82, 2.24) is 10.9 Å². The van der Waals surface area contributed by atoms with Gasteiger partial charge < -0.3 is 5.73 Å². The smallest absolute Gasteiger partial charge is 0.0764 e. The molecule has 0 aliphatic carbocycles. The maximum absolute atomic E-state index is 5.98. The zero-order valence-electron chi connectivity index (χ0n) is 8.00. The molecule has 3 unspecified atom stereocenters. The van der Waals surface area contributed by atoms with Crippen molar-refractivity contribution >= 4 is 15.9 Å². The molecule has 0 amide bonds. The van der Waals surface area contributed by atoms with Gasteiger partial charge in [-0.15, -0.1) is 0 Å². The van der Waals surface area contributed by atoms with Gasteiger partial charge in [0, 0.05) is 16.4 Å². The van der Waals surface area contributed by atoms with E-state index in [1.807, 2.05) is 18.2 Å². The third-order valence-corrected chi connectivity index (χ3v) is 3.39. The van der Waals surface area contributed by atoms with Crippen LogP contribution in [0.5, 0.6) is 0 Å². The highest BCUT2D eigenvalue weighted by molar-refractivity contribution is 9.10. The third kappa shape index (κ3) is 1.70. The number of halogens is 1. The fourth-order valence-electron chi connectivity index (χ4n) is 1.93. The van der Waals surface area contributed by atoms with Crippen LogP contribution in [-0.2, 0) is 0 Å². The zero-order valence-corrected chi connectivity index (χ0v) is 9.58. The summed E-state index contributed by atoms with van der Waals surface area (Å²) in [6, 6.07) is 8.56. The quantitative estimate of drug-likeness (QED) is 0.710. The standard InChI is InChI=1S/C10H14BrN3/c1-6-9(10(12)14-13-6)7-4-2-3-5-8(7)11/h2-6,9-10,13-14H,12H2,1H3. The Morgan fingerprint density at radius 1 is 1.29 bits per heavy atom. The molecule has 0 spiro atoms. The predicted octanol–water partition coefficient (Wildman–Crippen LogP) is 1.31. The van der Waals surface area contributed by atoms with E-state index in [2.05, 4.69) is 39.8 Å². The van der Waals surface area contributed by atoms with Crippen LogP contribution in [0, 0.1) is 0 Å². The van der Waals surface area contributed by atoms with Gasteiger partial charge in [-0.2, -0.15) is 0 Å². The van der Waals surface area contributed by atoms with E-state index in [1.165, 1.54) is 5.56 Å². The molecule has 1 saturated heterocycles. The fourth-order valence-corrected chi connectivity index (χ4v) is 2.48. The zero-order chi connectivity index (χ0) is 10.1. The van der Waals surface area contributed by atoms with E-state index in [1.54, 1.807) is 0 Å². The molecule has 3 atom stereocenters. The van der Waals surface area contributed by atoms with E-state index in [4.69, 9.17) is 5.73 Å². The van der Waals surface area contributed by atoms with Crippen LogP contribution < -0.4 is 16.6 Å². The van der Waals surface area contributed by atoms with Gasteiger partial charge in [-0.25, -0.2) is 5.43 Å². The summed E-state index contributed by atoms with van der Waals surface area (Å²) in [4.78, 5) is 0. The number of rotatable bonds is 1. The van der Waals surface area contributed by atoms with Gasteiger partial charge in [0.15, 0.2) is 0 Å². The van der Waals surface area contributed by atoms with Crippen molar-refractivity contribution in [3.05, 3.63) is 34.3 Å². The Bertz CT molecular complexity index is 319. The molecule has 3 nitrogen and oxygen atoms in total. The molecule has 14 heavy (non-hydrogen) atoms. The van der Waals surface area contributed by atoms with Crippen LogP contribution in [0.25, 0.3) is 0 Å². The average molecular weight is 256 g/mol. The van der Waals surface area contributed by atoms with Crippen molar-refractivity contribution in [3.63, 3.8) is 0 Å². The molecule has 76 valence electrons. The summed E-state index contributed by atoms with van der Waals surface area (Å²) in [5.74, 6) is 0.311. The molecule has 1 aliphatic heterocycles. The molecule has 1 heterocycles. The second-order valence-electron chi connectivity index (χ2n) is 3.65. The minimum atomic E-state index is -0.0244. The van der Waals surface area contributed by atoms with Crippen molar-refractivity contribution < 1.29 is 0 Å². The summed E-state index contributed by atoms with van der Waals surface area (Å²) in [5.41, 5.74) is 13.4. The molecule has 0 bridgehead atoms. The first-order chi connectivity index (χ1) is 6.70. The lowest BCUT2D eigenvalue weighted by atomic mass is 9.92. The second-order valence-corrected chi connectivity index (χ2v) is 4.50. The van der Waals surface area contributed by atoms with Crippen molar-refractivity contribution in [2.24, 2.45) is 5.73 Å². The molecule has 1 aliphatic rings. The van der Waals surface area contributed by atoms with Crippen LogP contribution in [0.1, 0.15) is 18.4 Å². The topological polar surface area (TPSA) is 50.1 Å². The predicted molar refractivity (Wildman–Crippen MR) is 60.6 cm³/mol. The highest BCUT2D eigenvalue weighted by atomic mass is 79.9.